The van der Waals surface area contributed by atoms with Gasteiger partial charge in [0.25, 0.3) is 0 Å². The van der Waals surface area contributed by atoms with Crippen LogP contribution in [0.2, 0.25) is 0 Å². The number of benzene rings is 6. The van der Waals surface area contributed by atoms with Crippen LogP contribution < -0.4 is 0 Å². The number of hydrogen-bond donors (Lipinski definition) is 1. The summed E-state index contributed by atoms with van der Waals surface area (Å²) in [6.45, 7) is 3.36. The van der Waals surface area contributed by atoms with Gasteiger partial charge in [-0.2, -0.15) is 0 Å². The van der Waals surface area contributed by atoms with Crippen molar-refractivity contribution in [1.29, 1.82) is 5.41 Å². The van der Waals surface area contributed by atoms with Crippen LogP contribution in [0, 0.1) is 5.41 Å². The zero-order valence-electron chi connectivity index (χ0n) is 26.1. The Hall–Kier alpha value is -6.26. The third kappa shape index (κ3) is 4.70. The number of rotatable bonds is 4. The molecule has 4 nitrogen and oxygen atoms in total. The molecule has 0 radical (unpaired) electrons. The average Bonchev–Trinajstić information content (AvgIpc) is 3.67. The minimum atomic E-state index is 0.431. The molecule has 0 fully saturated rings. The van der Waals surface area contributed by atoms with E-state index in [1.807, 2.05) is 42.5 Å². The first-order valence-electron chi connectivity index (χ1n) is 15.7. The van der Waals surface area contributed by atoms with Gasteiger partial charge in [-0.25, -0.2) is 0 Å². The molecule has 3 heterocycles. The smallest absolute Gasteiger partial charge is 0.0627 e. The van der Waals surface area contributed by atoms with Crippen molar-refractivity contribution in [1.82, 2.24) is 8.97 Å². The number of hydrogen-bond acceptors (Lipinski definition) is 2. The molecular formula is C43H32N4. The van der Waals surface area contributed by atoms with Crippen LogP contribution in [0.1, 0.15) is 5.56 Å². The lowest BCUT2D eigenvalue weighted by Gasteiger charge is -2.09. The summed E-state index contributed by atoms with van der Waals surface area (Å²) in [5, 5.41) is 15.8. The van der Waals surface area contributed by atoms with Crippen molar-refractivity contribution in [2.24, 2.45) is 12.0 Å². The summed E-state index contributed by atoms with van der Waals surface area (Å²) in [6, 6.07) is 51.2. The molecule has 9 rings (SSSR count). The van der Waals surface area contributed by atoms with E-state index in [1.54, 1.807) is 6.08 Å². The molecular weight excluding hydrogens is 573 g/mol. The predicted octanol–water partition coefficient (Wildman–Crippen LogP) is 11.0. The number of para-hydroxylation sites is 2. The minimum absolute atomic E-state index is 0.431. The van der Waals surface area contributed by atoms with Crippen molar-refractivity contribution < 1.29 is 0 Å². The molecule has 0 aliphatic carbocycles. The van der Waals surface area contributed by atoms with Crippen LogP contribution in [0.4, 0.5) is 0 Å². The van der Waals surface area contributed by atoms with Crippen LogP contribution in [-0.2, 0) is 7.05 Å². The molecule has 0 bridgehead atoms. The Bertz CT molecular complexity index is 2670. The first-order valence-corrected chi connectivity index (χ1v) is 15.7. The predicted molar refractivity (Wildman–Crippen MR) is 201 cm³/mol. The van der Waals surface area contributed by atoms with Gasteiger partial charge in [-0.05, 0) is 59.6 Å². The lowest BCUT2D eigenvalue weighted by molar-refractivity contribution is 1.02. The molecule has 0 aliphatic heterocycles. The molecule has 6 aromatic carbocycles. The third-order valence-electron chi connectivity index (χ3n) is 9.11. The summed E-state index contributed by atoms with van der Waals surface area (Å²) in [5.74, 6) is 0. The second-order valence-corrected chi connectivity index (χ2v) is 11.8. The Morgan fingerprint density at radius 2 is 1.15 bits per heavy atom. The maximum Gasteiger partial charge on any atom is 0.0627 e. The molecule has 4 heteroatoms. The van der Waals surface area contributed by atoms with Gasteiger partial charge in [0.1, 0.15) is 0 Å². The quantitative estimate of drug-likeness (QED) is 0.153. The summed E-state index contributed by atoms with van der Waals surface area (Å²) in [5.41, 5.74) is 9.94. The topological polar surface area (TPSA) is 45.5 Å². The Kier molecular flexibility index (Phi) is 6.96. The Balaban J connectivity index is 0.000000156. The van der Waals surface area contributed by atoms with E-state index in [2.05, 4.69) is 131 Å². The van der Waals surface area contributed by atoms with Crippen LogP contribution in [0.3, 0.4) is 0 Å². The summed E-state index contributed by atoms with van der Waals surface area (Å²) in [4.78, 5) is 3.61. The lowest BCUT2D eigenvalue weighted by Crippen LogP contribution is -1.94. The van der Waals surface area contributed by atoms with E-state index in [9.17, 15) is 0 Å². The fraction of sp³-hybridized carbons (Fsp3) is 0.0233. The molecule has 9 aromatic rings. The fourth-order valence-corrected chi connectivity index (χ4v) is 6.97. The molecule has 224 valence electrons. The highest BCUT2D eigenvalue weighted by Crippen LogP contribution is 2.39. The van der Waals surface area contributed by atoms with Crippen molar-refractivity contribution >= 4 is 72.3 Å². The zero-order chi connectivity index (χ0) is 31.9. The molecule has 1 N–H and O–H groups in total. The molecule has 0 spiro atoms. The van der Waals surface area contributed by atoms with Crippen molar-refractivity contribution in [2.45, 2.75) is 0 Å². The number of aromatic nitrogens is 2. The number of nitrogens with one attached hydrogen (secondary N) is 1. The van der Waals surface area contributed by atoms with Gasteiger partial charge >= 0.3 is 0 Å². The molecule has 0 atom stereocenters. The molecule has 3 aromatic heterocycles. The lowest BCUT2D eigenvalue weighted by atomic mass is 10.0. The van der Waals surface area contributed by atoms with Gasteiger partial charge in [0.05, 0.1) is 27.8 Å². The zero-order valence-corrected chi connectivity index (χ0v) is 26.1. The average molecular weight is 605 g/mol. The molecule has 0 aliphatic rings. The number of aryl methyl sites for hydroxylation is 1. The van der Waals surface area contributed by atoms with Crippen LogP contribution in [0.25, 0.3) is 71.0 Å². The Morgan fingerprint density at radius 3 is 1.89 bits per heavy atom. The highest BCUT2D eigenvalue weighted by Gasteiger charge is 2.16. The van der Waals surface area contributed by atoms with Gasteiger partial charge in [-0.3, -0.25) is 4.99 Å². The second-order valence-electron chi connectivity index (χ2n) is 11.8. The summed E-state index contributed by atoms with van der Waals surface area (Å²) >= 11 is 0. The normalized spacial score (nSPS) is 11.6. The molecule has 0 amide bonds. The van der Waals surface area contributed by atoms with Gasteiger partial charge in [0.2, 0.25) is 0 Å². The van der Waals surface area contributed by atoms with E-state index >= 15 is 0 Å². The molecule has 0 saturated heterocycles. The van der Waals surface area contributed by atoms with Gasteiger partial charge in [0.15, 0.2) is 0 Å². The van der Waals surface area contributed by atoms with Gasteiger partial charge in [0, 0.05) is 51.3 Å². The van der Waals surface area contributed by atoms with Crippen LogP contribution >= 0.6 is 0 Å². The Labute approximate surface area is 272 Å². The van der Waals surface area contributed by atoms with Crippen molar-refractivity contribution in [2.75, 3.05) is 0 Å². The minimum Gasteiger partial charge on any atom is -0.343 e. The number of pyridine rings is 1. The van der Waals surface area contributed by atoms with Crippen molar-refractivity contribution in [3.8, 4) is 11.1 Å². The van der Waals surface area contributed by atoms with E-state index < -0.39 is 0 Å². The number of fused-ring (bicyclic) bond motifs is 12. The van der Waals surface area contributed by atoms with Gasteiger partial charge < -0.3 is 14.4 Å². The van der Waals surface area contributed by atoms with E-state index in [0.717, 1.165) is 16.7 Å². The standard InChI is InChI=1S/C27H18N2.C16H14N2/c1-28-23-12-6-4-11-20(23)21-14-15-25-22(27(21)28)16-26-19-10-3-2-8-17(19)18-9-5-7-13-24(18)29(25)26;1-18-11-10-16(17)15-9-5-8-14(12-15)13-6-3-2-4-7-13/h2-16H,1H3;2-12,17H,1H2/b;11-10-,17-16?. The van der Waals surface area contributed by atoms with Crippen molar-refractivity contribution in [3.05, 3.63) is 163 Å². The van der Waals surface area contributed by atoms with E-state index in [0.29, 0.717) is 5.71 Å². The number of nitrogens with zero attached hydrogens (tertiary/aromatic N) is 3. The largest absolute Gasteiger partial charge is 0.343 e. The van der Waals surface area contributed by atoms with E-state index in [-0.39, 0.29) is 0 Å². The first kappa shape index (κ1) is 28.2. The maximum absolute atomic E-state index is 7.92. The molecule has 0 saturated carbocycles. The second kappa shape index (κ2) is 11.6. The van der Waals surface area contributed by atoms with Crippen LogP contribution in [0.15, 0.2) is 163 Å². The fourth-order valence-electron chi connectivity index (χ4n) is 6.97. The maximum atomic E-state index is 7.92. The SMILES string of the molecule is C=N/C=C\C(=N)c1cccc(-c2ccccc2)c1.Cn1c2ccccc2c2ccc3c(cc4c5ccccc5c5ccccc5n43)c21. The highest BCUT2D eigenvalue weighted by molar-refractivity contribution is 6.22. The number of aliphatic imine (C=N–C) groups is 1. The highest BCUT2D eigenvalue weighted by atomic mass is 15.0. The Morgan fingerprint density at radius 1 is 0.553 bits per heavy atom. The molecule has 0 unspecified atom stereocenters. The van der Waals surface area contributed by atoms with Crippen LogP contribution in [-0.4, -0.2) is 21.4 Å². The number of allylic oxidation sites excluding steroid dienone is 1. The molecule has 47 heavy (non-hydrogen) atoms. The summed E-state index contributed by atoms with van der Waals surface area (Å²) in [6.07, 6.45) is 3.16. The van der Waals surface area contributed by atoms with Crippen molar-refractivity contribution in [3.63, 3.8) is 0 Å². The summed E-state index contributed by atoms with van der Waals surface area (Å²) < 4.78 is 4.78. The van der Waals surface area contributed by atoms with Gasteiger partial charge in [-0.1, -0.05) is 115 Å². The van der Waals surface area contributed by atoms with E-state index in [4.69, 9.17) is 5.41 Å². The summed E-state index contributed by atoms with van der Waals surface area (Å²) in [7, 11) is 2.18. The van der Waals surface area contributed by atoms with E-state index in [1.165, 1.54) is 66.1 Å². The third-order valence-corrected chi connectivity index (χ3v) is 9.11. The first-order chi connectivity index (χ1) is 23.1. The monoisotopic (exact) mass is 604 g/mol. The van der Waals surface area contributed by atoms with Gasteiger partial charge in [-0.15, -0.1) is 0 Å². The van der Waals surface area contributed by atoms with Crippen LogP contribution in [0.5, 0.6) is 0 Å².